The van der Waals surface area contributed by atoms with Gasteiger partial charge in [0.15, 0.2) is 5.96 Å². The number of hydrogen-bond acceptors (Lipinski definition) is 7. The van der Waals surface area contributed by atoms with E-state index in [1.807, 2.05) is 6.92 Å². The summed E-state index contributed by atoms with van der Waals surface area (Å²) >= 11 is 0. The first kappa shape index (κ1) is 31.3. The molecule has 1 fully saturated rings. The van der Waals surface area contributed by atoms with Gasteiger partial charge in [-0.3, -0.25) is 19.4 Å². The molecule has 39 heavy (non-hydrogen) atoms. The predicted octanol–water partition coefficient (Wildman–Crippen LogP) is -0.593. The molecule has 1 saturated heterocycles. The van der Waals surface area contributed by atoms with Crippen LogP contribution in [0.1, 0.15) is 51.5 Å². The molecule has 0 aliphatic carbocycles. The van der Waals surface area contributed by atoms with E-state index < -0.39 is 47.9 Å². The van der Waals surface area contributed by atoms with Crippen molar-refractivity contribution < 1.29 is 29.4 Å². The van der Waals surface area contributed by atoms with E-state index in [1.165, 1.54) is 17.0 Å². The number of amides is 3. The second kappa shape index (κ2) is 14.9. The molecular weight excluding hydrogens is 506 g/mol. The lowest BCUT2D eigenvalue weighted by molar-refractivity contribution is -0.150. The number of phenols is 1. The van der Waals surface area contributed by atoms with Crippen LogP contribution < -0.4 is 27.8 Å². The lowest BCUT2D eigenvalue weighted by atomic mass is 9.96. The van der Waals surface area contributed by atoms with E-state index >= 15 is 0 Å². The first-order valence-electron chi connectivity index (χ1n) is 13.2. The molecule has 1 heterocycles. The Morgan fingerprint density at radius 1 is 1.13 bits per heavy atom. The molecule has 0 radical (unpaired) electrons. The second-order valence-corrected chi connectivity index (χ2v) is 9.89. The highest BCUT2D eigenvalue weighted by Gasteiger charge is 2.40. The van der Waals surface area contributed by atoms with Gasteiger partial charge in [-0.15, -0.1) is 0 Å². The third-order valence-electron chi connectivity index (χ3n) is 6.91. The van der Waals surface area contributed by atoms with Gasteiger partial charge in [0.05, 0.1) is 6.04 Å². The van der Waals surface area contributed by atoms with E-state index in [-0.39, 0.29) is 30.5 Å². The van der Waals surface area contributed by atoms with Crippen LogP contribution in [0.3, 0.4) is 0 Å². The quantitative estimate of drug-likeness (QED) is 0.0895. The van der Waals surface area contributed by atoms with Crippen molar-refractivity contribution in [2.75, 3.05) is 13.1 Å². The van der Waals surface area contributed by atoms with Crippen molar-refractivity contribution in [3.05, 3.63) is 29.8 Å². The van der Waals surface area contributed by atoms with Gasteiger partial charge in [-0.1, -0.05) is 32.4 Å². The van der Waals surface area contributed by atoms with Crippen molar-refractivity contribution in [2.24, 2.45) is 28.1 Å². The van der Waals surface area contributed by atoms with Crippen LogP contribution in [-0.2, 0) is 25.6 Å². The van der Waals surface area contributed by atoms with Gasteiger partial charge < -0.3 is 42.9 Å². The maximum absolute atomic E-state index is 13.5. The third-order valence-corrected chi connectivity index (χ3v) is 6.91. The molecule has 0 saturated carbocycles. The number of nitrogens with one attached hydrogen (secondary N) is 2. The van der Waals surface area contributed by atoms with E-state index in [0.717, 1.165) is 0 Å². The molecule has 1 aliphatic rings. The van der Waals surface area contributed by atoms with Gasteiger partial charge in [0.1, 0.15) is 23.9 Å². The number of carboxylic acids is 1. The van der Waals surface area contributed by atoms with Gasteiger partial charge in [0.2, 0.25) is 17.7 Å². The minimum absolute atomic E-state index is 0.0487. The summed E-state index contributed by atoms with van der Waals surface area (Å²) in [6.07, 6.45) is 2.26. The number of aromatic hydroxyl groups is 1. The Balaban J connectivity index is 2.21. The Morgan fingerprint density at radius 3 is 2.38 bits per heavy atom. The Kier molecular flexibility index (Phi) is 12.0. The minimum Gasteiger partial charge on any atom is -0.508 e. The highest BCUT2D eigenvalue weighted by Crippen LogP contribution is 2.22. The van der Waals surface area contributed by atoms with Crippen molar-refractivity contribution >= 4 is 29.7 Å². The number of nitrogens with two attached hydrogens (primary N) is 3. The summed E-state index contributed by atoms with van der Waals surface area (Å²) in [4.78, 5) is 56.7. The van der Waals surface area contributed by atoms with Crippen molar-refractivity contribution in [1.29, 1.82) is 0 Å². The molecule has 3 amide bonds. The van der Waals surface area contributed by atoms with Crippen molar-refractivity contribution in [3.63, 3.8) is 0 Å². The Labute approximate surface area is 228 Å². The van der Waals surface area contributed by atoms with Crippen molar-refractivity contribution in [3.8, 4) is 5.75 Å². The number of benzene rings is 1. The molecule has 2 rings (SSSR count). The highest BCUT2D eigenvalue weighted by molar-refractivity contribution is 5.94. The summed E-state index contributed by atoms with van der Waals surface area (Å²) < 4.78 is 0. The maximum atomic E-state index is 13.5. The van der Waals surface area contributed by atoms with Crippen molar-refractivity contribution in [2.45, 2.75) is 76.5 Å². The van der Waals surface area contributed by atoms with Crippen LogP contribution in [0.5, 0.6) is 5.75 Å². The SMILES string of the molecule is CCC(C)C(NC(=O)C(Cc1ccc(O)cc1)NC(=O)C(N)CCCN=C(N)N)C(=O)N1CCCC1C(=O)O. The van der Waals surface area contributed by atoms with Gasteiger partial charge in [-0.25, -0.2) is 4.79 Å². The minimum atomic E-state index is -1.08. The van der Waals surface area contributed by atoms with Gasteiger partial charge >= 0.3 is 5.97 Å². The average molecular weight is 548 g/mol. The smallest absolute Gasteiger partial charge is 0.326 e. The fourth-order valence-corrected chi connectivity index (χ4v) is 4.41. The molecule has 1 aliphatic heterocycles. The van der Waals surface area contributed by atoms with E-state index in [4.69, 9.17) is 17.2 Å². The van der Waals surface area contributed by atoms with Crippen LogP contribution in [0.2, 0.25) is 0 Å². The molecule has 216 valence electrons. The molecule has 0 bridgehead atoms. The number of carbonyl (C=O) groups excluding carboxylic acids is 3. The summed E-state index contributed by atoms with van der Waals surface area (Å²) in [5.74, 6) is -3.01. The van der Waals surface area contributed by atoms with E-state index in [9.17, 15) is 29.4 Å². The number of guanidine groups is 1. The Hall–Kier alpha value is -3.87. The number of carboxylic acid groups (broad SMARTS) is 1. The summed E-state index contributed by atoms with van der Waals surface area (Å²) in [6.45, 7) is 4.26. The van der Waals surface area contributed by atoms with E-state index in [1.54, 1.807) is 19.1 Å². The summed E-state index contributed by atoms with van der Waals surface area (Å²) in [5, 5.41) is 24.6. The van der Waals surface area contributed by atoms with Crippen LogP contribution in [0.4, 0.5) is 0 Å². The largest absolute Gasteiger partial charge is 0.508 e. The zero-order valence-corrected chi connectivity index (χ0v) is 22.5. The summed E-state index contributed by atoms with van der Waals surface area (Å²) in [7, 11) is 0. The monoisotopic (exact) mass is 547 g/mol. The zero-order valence-electron chi connectivity index (χ0n) is 22.5. The highest BCUT2D eigenvalue weighted by atomic mass is 16.4. The van der Waals surface area contributed by atoms with E-state index in [2.05, 4.69) is 15.6 Å². The van der Waals surface area contributed by atoms with Crippen LogP contribution in [0.15, 0.2) is 29.3 Å². The molecule has 0 aromatic heterocycles. The summed E-state index contributed by atoms with van der Waals surface area (Å²) in [6, 6.07) is 2.24. The van der Waals surface area contributed by atoms with Gasteiger partial charge in [-0.05, 0) is 49.3 Å². The number of phenolic OH excluding ortho intramolecular Hbond substituents is 1. The summed E-state index contributed by atoms with van der Waals surface area (Å²) in [5.41, 5.74) is 17.3. The lowest BCUT2D eigenvalue weighted by Crippen LogP contribution is -2.59. The van der Waals surface area contributed by atoms with E-state index in [0.29, 0.717) is 44.3 Å². The van der Waals surface area contributed by atoms with Crippen LogP contribution in [0, 0.1) is 5.92 Å². The number of rotatable bonds is 14. The van der Waals surface area contributed by atoms with Crippen molar-refractivity contribution in [1.82, 2.24) is 15.5 Å². The molecule has 5 unspecified atom stereocenters. The molecule has 1 aromatic carbocycles. The van der Waals surface area contributed by atoms with Crippen LogP contribution in [0.25, 0.3) is 0 Å². The maximum Gasteiger partial charge on any atom is 0.326 e. The number of aliphatic carboxylic acids is 1. The van der Waals surface area contributed by atoms with Gasteiger partial charge in [0.25, 0.3) is 0 Å². The molecular formula is C26H41N7O6. The van der Waals surface area contributed by atoms with Gasteiger partial charge in [-0.2, -0.15) is 0 Å². The van der Waals surface area contributed by atoms with Gasteiger partial charge in [0, 0.05) is 19.5 Å². The number of hydrogen-bond donors (Lipinski definition) is 7. The number of carbonyl (C=O) groups is 4. The molecule has 10 N–H and O–H groups in total. The van der Waals surface area contributed by atoms with Crippen LogP contribution in [-0.4, -0.2) is 82.0 Å². The third kappa shape index (κ3) is 9.43. The lowest BCUT2D eigenvalue weighted by Gasteiger charge is -2.31. The predicted molar refractivity (Wildman–Crippen MR) is 145 cm³/mol. The first-order chi connectivity index (χ1) is 18.4. The molecule has 5 atom stereocenters. The Morgan fingerprint density at radius 2 is 1.79 bits per heavy atom. The fraction of sp³-hybridized carbons (Fsp3) is 0.577. The molecule has 13 heteroatoms. The number of aliphatic imine (C=N–C) groups is 1. The standard InChI is InChI=1S/C26H41N7O6/c1-3-15(2)21(24(37)33-13-5-7-20(33)25(38)39)32-23(36)19(14-16-8-10-17(34)11-9-16)31-22(35)18(27)6-4-12-30-26(28)29/h8-11,15,18-21,34H,3-7,12-14,27H2,1-2H3,(H,31,35)(H,32,36)(H,38,39)(H4,28,29,30). The Bertz CT molecular complexity index is 1030. The number of nitrogens with zero attached hydrogens (tertiary/aromatic N) is 2. The van der Waals surface area contributed by atoms with Crippen LogP contribution >= 0.6 is 0 Å². The zero-order chi connectivity index (χ0) is 29.1. The molecule has 1 aromatic rings. The first-order valence-corrected chi connectivity index (χ1v) is 13.2. The molecule has 13 nitrogen and oxygen atoms in total. The second-order valence-electron chi connectivity index (χ2n) is 9.89. The number of likely N-dealkylation sites (tertiary alicyclic amines) is 1. The molecule has 0 spiro atoms. The fourth-order valence-electron chi connectivity index (χ4n) is 4.41. The normalized spacial score (nSPS) is 17.9. The average Bonchev–Trinajstić information content (AvgIpc) is 3.40. The topological polar surface area (TPSA) is 226 Å².